The molecule has 0 saturated carbocycles. The Morgan fingerprint density at radius 2 is 2.08 bits per heavy atom. The predicted molar refractivity (Wildman–Crippen MR) is 142 cm³/mol. The number of hydrogen-bond acceptors (Lipinski definition) is 13. The number of nitrogens with zero attached hydrogens (tertiary/aromatic N) is 6. The second-order valence-corrected chi connectivity index (χ2v) is 11.2. The summed E-state index contributed by atoms with van der Waals surface area (Å²) in [5, 5.41) is 22.4. The number of thioether (sulfide) groups is 3. The number of ether oxygens (including phenoxy) is 2. The normalized spacial score (nSPS) is 20.1. The predicted octanol–water partition coefficient (Wildman–Crippen LogP) is 0.613. The zero-order chi connectivity index (χ0) is 28.0. The van der Waals surface area contributed by atoms with Crippen molar-refractivity contribution in [2.75, 3.05) is 36.7 Å². The second kappa shape index (κ2) is 12.6. The number of amides is 2. The number of aryl methyl sites for hydroxylation is 1. The van der Waals surface area contributed by atoms with Gasteiger partial charge in [0.1, 0.15) is 11.1 Å². The van der Waals surface area contributed by atoms with Crippen molar-refractivity contribution in [2.24, 2.45) is 7.05 Å². The third-order valence-corrected chi connectivity index (χ3v) is 9.01. The van der Waals surface area contributed by atoms with Crippen LogP contribution >= 0.6 is 35.3 Å². The summed E-state index contributed by atoms with van der Waals surface area (Å²) < 4.78 is 12.4. The lowest BCUT2D eigenvalue weighted by molar-refractivity contribution is -0.192. The number of methoxy groups -OCH3 is 1. The highest BCUT2D eigenvalue weighted by Gasteiger charge is 2.66. The zero-order valence-electron chi connectivity index (χ0n) is 20.9. The standard InChI is InChI=1S/C23H23N7O6S3/c1-29-22(26-27-28-29)39-12-15-11-38-21-23(35-2,25-17(32)13-37-9-8-24)20(34)30(21)18(15)19(33)36-10-16(31)14-6-4-3-5-7-14/h3-7,21H,9-13H2,1-2H3,(H,25,32)/t21-,23+/m1/s1. The molecule has 39 heavy (non-hydrogen) atoms. The Balaban J connectivity index is 1.56. The number of carbonyl (C=O) groups excluding carboxylic acids is 4. The first-order chi connectivity index (χ1) is 18.8. The fourth-order valence-electron chi connectivity index (χ4n) is 3.88. The molecule has 1 aromatic carbocycles. The number of fused-ring (bicyclic) bond motifs is 1. The van der Waals surface area contributed by atoms with Crippen LogP contribution in [0.15, 0.2) is 46.8 Å². The van der Waals surface area contributed by atoms with Gasteiger partial charge in [-0.15, -0.1) is 28.6 Å². The van der Waals surface area contributed by atoms with Crippen LogP contribution < -0.4 is 5.32 Å². The van der Waals surface area contributed by atoms with Gasteiger partial charge in [0, 0.05) is 31.2 Å². The van der Waals surface area contributed by atoms with Gasteiger partial charge in [0.25, 0.3) is 11.6 Å². The van der Waals surface area contributed by atoms with Crippen LogP contribution in [0.1, 0.15) is 10.4 Å². The summed E-state index contributed by atoms with van der Waals surface area (Å²) in [5.74, 6) is -1.70. The van der Waals surface area contributed by atoms with Gasteiger partial charge in [-0.1, -0.05) is 42.1 Å². The van der Waals surface area contributed by atoms with E-state index >= 15 is 0 Å². The number of ketones is 1. The number of benzene rings is 1. The Bertz CT molecular complexity index is 1350. The van der Waals surface area contributed by atoms with Gasteiger partial charge in [-0.3, -0.25) is 19.3 Å². The smallest absolute Gasteiger partial charge is 0.355 e. The Hall–Kier alpha value is -3.39. The van der Waals surface area contributed by atoms with Gasteiger partial charge in [-0.05, 0) is 16.0 Å². The number of nitrogens with one attached hydrogen (secondary N) is 1. The van der Waals surface area contributed by atoms with E-state index in [0.717, 1.165) is 11.8 Å². The first-order valence-corrected chi connectivity index (χ1v) is 14.6. The number of aromatic nitrogens is 4. The van der Waals surface area contributed by atoms with E-state index in [4.69, 9.17) is 14.7 Å². The van der Waals surface area contributed by atoms with Gasteiger partial charge in [0.15, 0.2) is 12.4 Å². The molecule has 2 amide bonds. The number of esters is 1. The molecule has 0 unspecified atom stereocenters. The summed E-state index contributed by atoms with van der Waals surface area (Å²) in [4.78, 5) is 53.1. The van der Waals surface area contributed by atoms with Crippen LogP contribution in [0.2, 0.25) is 0 Å². The molecule has 0 aliphatic carbocycles. The van der Waals surface area contributed by atoms with Gasteiger partial charge in [0.05, 0.1) is 17.6 Å². The minimum absolute atomic E-state index is 0.00646. The van der Waals surface area contributed by atoms with Gasteiger partial charge >= 0.3 is 5.97 Å². The van der Waals surface area contributed by atoms with Crippen molar-refractivity contribution in [1.29, 1.82) is 5.26 Å². The average molecular weight is 590 g/mol. The van der Waals surface area contributed by atoms with Crippen molar-refractivity contribution in [3.63, 3.8) is 0 Å². The Kier molecular flexibility index (Phi) is 9.28. The lowest BCUT2D eigenvalue weighted by Gasteiger charge is -2.56. The maximum atomic E-state index is 13.5. The lowest BCUT2D eigenvalue weighted by Crippen LogP contribution is -2.80. The monoisotopic (exact) mass is 589 g/mol. The SMILES string of the molecule is CO[C@@]1(NC(=O)CSCC#N)C(=O)N2C(C(=O)OCC(=O)c3ccccc3)=C(CSc3nnnn3C)CS[C@@H]21. The zero-order valence-corrected chi connectivity index (χ0v) is 23.3. The van der Waals surface area contributed by atoms with E-state index in [9.17, 15) is 19.2 Å². The minimum atomic E-state index is -1.69. The quantitative estimate of drug-likeness (QED) is 0.0913. The summed E-state index contributed by atoms with van der Waals surface area (Å²) in [5.41, 5.74) is -0.729. The number of carbonyl (C=O) groups is 4. The van der Waals surface area contributed by atoms with E-state index in [-0.39, 0.29) is 23.0 Å². The van der Waals surface area contributed by atoms with Crippen molar-refractivity contribution in [2.45, 2.75) is 16.3 Å². The van der Waals surface area contributed by atoms with E-state index < -0.39 is 41.3 Å². The van der Waals surface area contributed by atoms with Crippen LogP contribution in [-0.4, -0.2) is 96.5 Å². The fraction of sp³-hybridized carbons (Fsp3) is 0.391. The molecule has 0 radical (unpaired) electrons. The molecule has 2 aromatic rings. The fourth-order valence-corrected chi connectivity index (χ4v) is 6.76. The van der Waals surface area contributed by atoms with Crippen LogP contribution in [0.4, 0.5) is 0 Å². The van der Waals surface area contributed by atoms with Crippen molar-refractivity contribution < 1.29 is 28.7 Å². The molecule has 2 aliphatic rings. The van der Waals surface area contributed by atoms with Crippen molar-refractivity contribution in [3.8, 4) is 6.07 Å². The number of nitriles is 1. The molecule has 2 atom stereocenters. The molecule has 13 nitrogen and oxygen atoms in total. The summed E-state index contributed by atoms with van der Waals surface area (Å²) in [6.07, 6.45) is 0. The maximum absolute atomic E-state index is 13.5. The topological polar surface area (TPSA) is 169 Å². The summed E-state index contributed by atoms with van der Waals surface area (Å²) in [6, 6.07) is 10.3. The molecular weight excluding hydrogens is 566 g/mol. The van der Waals surface area contributed by atoms with Crippen LogP contribution in [0.3, 0.4) is 0 Å². The van der Waals surface area contributed by atoms with Gasteiger partial charge in [-0.25, -0.2) is 9.48 Å². The van der Waals surface area contributed by atoms with E-state index in [0.29, 0.717) is 22.0 Å². The molecule has 1 saturated heterocycles. The Labute approximate surface area is 236 Å². The first kappa shape index (κ1) is 28.6. The number of β-lactam (4-membered cyclic amide) rings is 1. The summed E-state index contributed by atoms with van der Waals surface area (Å²) >= 11 is 3.68. The third-order valence-electron chi connectivity index (χ3n) is 5.74. The Morgan fingerprint density at radius 3 is 2.74 bits per heavy atom. The molecular formula is C23H23N7O6S3. The summed E-state index contributed by atoms with van der Waals surface area (Å²) in [6.45, 7) is -0.512. The van der Waals surface area contributed by atoms with Gasteiger partial charge in [-0.2, -0.15) is 5.26 Å². The molecule has 16 heteroatoms. The molecule has 204 valence electrons. The van der Waals surface area contributed by atoms with Crippen molar-refractivity contribution >= 4 is 58.9 Å². The number of Topliss-reactive ketones (excluding diaryl/α,β-unsaturated/α-hetero) is 1. The van der Waals surface area contributed by atoms with Crippen molar-refractivity contribution in [1.82, 2.24) is 30.4 Å². The molecule has 0 spiro atoms. The van der Waals surface area contributed by atoms with E-state index in [2.05, 4.69) is 20.8 Å². The van der Waals surface area contributed by atoms with Crippen LogP contribution in [0.25, 0.3) is 0 Å². The molecule has 3 heterocycles. The minimum Gasteiger partial charge on any atom is -0.453 e. The van der Waals surface area contributed by atoms with E-state index in [1.807, 2.05) is 6.07 Å². The second-order valence-electron chi connectivity index (χ2n) is 8.17. The first-order valence-electron chi connectivity index (χ1n) is 11.4. The van der Waals surface area contributed by atoms with E-state index in [1.54, 1.807) is 37.4 Å². The highest BCUT2D eigenvalue weighted by Crippen LogP contribution is 2.47. The maximum Gasteiger partial charge on any atom is 0.355 e. The van der Waals surface area contributed by atoms with Gasteiger partial charge < -0.3 is 14.8 Å². The largest absolute Gasteiger partial charge is 0.453 e. The van der Waals surface area contributed by atoms with Gasteiger partial charge in [0.2, 0.25) is 11.1 Å². The molecule has 1 fully saturated rings. The number of hydrogen-bond donors (Lipinski definition) is 1. The molecule has 2 aliphatic heterocycles. The van der Waals surface area contributed by atoms with Crippen molar-refractivity contribution in [3.05, 3.63) is 47.2 Å². The highest BCUT2D eigenvalue weighted by atomic mass is 32.2. The van der Waals surface area contributed by atoms with E-state index in [1.165, 1.54) is 40.2 Å². The average Bonchev–Trinajstić information content (AvgIpc) is 3.37. The molecule has 1 aromatic heterocycles. The van der Waals surface area contributed by atoms with Crippen LogP contribution in [0, 0.1) is 11.3 Å². The van der Waals surface area contributed by atoms with Crippen LogP contribution in [-0.2, 0) is 30.9 Å². The molecule has 4 rings (SSSR count). The van der Waals surface area contributed by atoms with Crippen LogP contribution in [0.5, 0.6) is 0 Å². The Morgan fingerprint density at radius 1 is 1.31 bits per heavy atom. The molecule has 1 N–H and O–H groups in total. The molecule has 0 bridgehead atoms. The summed E-state index contributed by atoms with van der Waals surface area (Å²) in [7, 11) is 2.97. The number of rotatable bonds is 12. The number of tetrazole rings is 1. The lowest BCUT2D eigenvalue weighted by atomic mass is 9.98. The highest BCUT2D eigenvalue weighted by molar-refractivity contribution is 8.01. The third kappa shape index (κ3) is 5.96.